The summed E-state index contributed by atoms with van der Waals surface area (Å²) < 4.78 is 25.6. The number of rotatable bonds is 3. The molecular formula is C7H5ClF2O2S. The summed E-state index contributed by atoms with van der Waals surface area (Å²) in [5.41, 5.74) is 0. The summed E-state index contributed by atoms with van der Waals surface area (Å²) in [5.74, 6) is -5.83. The molecule has 0 aliphatic carbocycles. The Bertz CT molecular complexity index is 324. The van der Waals surface area contributed by atoms with Crippen molar-refractivity contribution in [1.29, 1.82) is 0 Å². The highest BCUT2D eigenvalue weighted by molar-refractivity contribution is 7.16. The molecule has 0 atom stereocenters. The summed E-state index contributed by atoms with van der Waals surface area (Å²) in [4.78, 5) is 10.3. The third-order valence-corrected chi connectivity index (χ3v) is 2.57. The van der Waals surface area contributed by atoms with Gasteiger partial charge in [0.1, 0.15) is 0 Å². The number of thiophene rings is 1. The molecule has 0 aliphatic rings. The van der Waals surface area contributed by atoms with Crippen molar-refractivity contribution < 1.29 is 18.7 Å². The van der Waals surface area contributed by atoms with Crippen LogP contribution in [0.3, 0.4) is 0 Å². The van der Waals surface area contributed by atoms with E-state index in [4.69, 9.17) is 16.7 Å². The van der Waals surface area contributed by atoms with Gasteiger partial charge in [-0.15, -0.1) is 11.3 Å². The van der Waals surface area contributed by atoms with Crippen LogP contribution in [0.2, 0.25) is 4.34 Å². The lowest BCUT2D eigenvalue weighted by Crippen LogP contribution is -2.30. The van der Waals surface area contributed by atoms with Gasteiger partial charge in [-0.2, -0.15) is 8.78 Å². The number of halogens is 3. The fourth-order valence-electron chi connectivity index (χ4n) is 0.741. The predicted octanol–water partition coefficient (Wildman–Crippen LogP) is 2.66. The predicted molar refractivity (Wildman–Crippen MR) is 45.6 cm³/mol. The van der Waals surface area contributed by atoms with Gasteiger partial charge in [-0.1, -0.05) is 11.6 Å². The summed E-state index contributed by atoms with van der Waals surface area (Å²) in [7, 11) is 0. The molecule has 0 aliphatic heterocycles. The minimum Gasteiger partial charge on any atom is -0.477 e. The van der Waals surface area contributed by atoms with Crippen LogP contribution in [0.1, 0.15) is 4.88 Å². The topological polar surface area (TPSA) is 37.3 Å². The zero-order chi connectivity index (χ0) is 10.1. The van der Waals surface area contributed by atoms with Crippen LogP contribution < -0.4 is 0 Å². The van der Waals surface area contributed by atoms with Crippen LogP contribution in [0.5, 0.6) is 0 Å². The quantitative estimate of drug-likeness (QED) is 0.860. The van der Waals surface area contributed by atoms with Crippen LogP contribution in [-0.2, 0) is 11.2 Å². The smallest absolute Gasteiger partial charge is 0.374 e. The lowest BCUT2D eigenvalue weighted by Gasteiger charge is -2.08. The Morgan fingerprint density at radius 1 is 1.62 bits per heavy atom. The molecule has 0 unspecified atom stereocenters. The van der Waals surface area contributed by atoms with Gasteiger partial charge in [0.25, 0.3) is 0 Å². The zero-order valence-corrected chi connectivity index (χ0v) is 7.83. The molecule has 1 rings (SSSR count). The lowest BCUT2D eigenvalue weighted by atomic mass is 10.2. The van der Waals surface area contributed by atoms with Crippen molar-refractivity contribution in [3.8, 4) is 0 Å². The molecule has 0 bridgehead atoms. The molecule has 1 aromatic rings. The van der Waals surface area contributed by atoms with Gasteiger partial charge in [0, 0.05) is 4.88 Å². The van der Waals surface area contributed by atoms with E-state index in [1.54, 1.807) is 0 Å². The molecule has 6 heteroatoms. The van der Waals surface area contributed by atoms with Crippen molar-refractivity contribution >= 4 is 28.9 Å². The molecule has 0 saturated heterocycles. The fourth-order valence-corrected chi connectivity index (χ4v) is 1.88. The second-order valence-corrected chi connectivity index (χ2v) is 4.19. The third kappa shape index (κ3) is 2.63. The molecule has 13 heavy (non-hydrogen) atoms. The number of alkyl halides is 2. The van der Waals surface area contributed by atoms with Gasteiger partial charge in [0.05, 0.1) is 10.8 Å². The molecule has 0 fully saturated rings. The van der Waals surface area contributed by atoms with Gasteiger partial charge < -0.3 is 5.11 Å². The molecule has 0 radical (unpaired) electrons. The number of hydrogen-bond acceptors (Lipinski definition) is 2. The van der Waals surface area contributed by atoms with Crippen LogP contribution in [0, 0.1) is 0 Å². The molecule has 72 valence electrons. The molecule has 0 amide bonds. The SMILES string of the molecule is O=C(O)C(F)(F)Cc1ccc(Cl)s1. The number of carbonyl (C=O) groups is 1. The third-order valence-electron chi connectivity index (χ3n) is 1.34. The van der Waals surface area contributed by atoms with E-state index in [0.717, 1.165) is 11.3 Å². The highest BCUT2D eigenvalue weighted by atomic mass is 35.5. The van der Waals surface area contributed by atoms with Gasteiger partial charge in [-0.3, -0.25) is 0 Å². The molecule has 1 aromatic heterocycles. The first kappa shape index (κ1) is 10.4. The fraction of sp³-hybridized carbons (Fsp3) is 0.286. The maximum absolute atomic E-state index is 12.6. The van der Waals surface area contributed by atoms with Crippen LogP contribution in [0.15, 0.2) is 12.1 Å². The minimum atomic E-state index is -3.71. The van der Waals surface area contributed by atoms with Gasteiger partial charge in [-0.05, 0) is 12.1 Å². The van der Waals surface area contributed by atoms with Gasteiger partial charge >= 0.3 is 11.9 Å². The van der Waals surface area contributed by atoms with Crippen LogP contribution in [0.4, 0.5) is 8.78 Å². The summed E-state index contributed by atoms with van der Waals surface area (Å²) >= 11 is 6.45. The highest BCUT2D eigenvalue weighted by Gasteiger charge is 2.39. The molecule has 1 N–H and O–H groups in total. The Morgan fingerprint density at radius 2 is 2.23 bits per heavy atom. The van der Waals surface area contributed by atoms with Crippen LogP contribution in [0.25, 0.3) is 0 Å². The second kappa shape index (κ2) is 3.59. The first-order chi connectivity index (χ1) is 5.92. The van der Waals surface area contributed by atoms with E-state index in [1.165, 1.54) is 12.1 Å². The highest BCUT2D eigenvalue weighted by Crippen LogP contribution is 2.27. The largest absolute Gasteiger partial charge is 0.477 e. The monoisotopic (exact) mass is 226 g/mol. The normalized spacial score (nSPS) is 11.6. The van der Waals surface area contributed by atoms with Crippen molar-refractivity contribution in [1.82, 2.24) is 0 Å². The minimum absolute atomic E-state index is 0.261. The second-order valence-electron chi connectivity index (χ2n) is 2.39. The number of carboxylic acid groups (broad SMARTS) is 1. The van der Waals surface area contributed by atoms with E-state index in [-0.39, 0.29) is 4.88 Å². The zero-order valence-electron chi connectivity index (χ0n) is 6.26. The average molecular weight is 227 g/mol. The van der Waals surface area contributed by atoms with E-state index >= 15 is 0 Å². The van der Waals surface area contributed by atoms with E-state index in [2.05, 4.69) is 0 Å². The Labute approximate surface area is 81.8 Å². The molecular weight excluding hydrogens is 222 g/mol. The Kier molecular flexibility index (Phi) is 2.87. The molecule has 0 aromatic carbocycles. The van der Waals surface area contributed by atoms with Crippen molar-refractivity contribution in [2.45, 2.75) is 12.3 Å². The Morgan fingerprint density at radius 3 is 2.62 bits per heavy atom. The number of aliphatic carboxylic acids is 1. The summed E-state index contributed by atoms with van der Waals surface area (Å²) in [6.45, 7) is 0. The van der Waals surface area contributed by atoms with E-state index < -0.39 is 18.3 Å². The molecule has 0 spiro atoms. The van der Waals surface area contributed by atoms with Gasteiger partial charge in [0.2, 0.25) is 0 Å². The van der Waals surface area contributed by atoms with Crippen LogP contribution >= 0.6 is 22.9 Å². The summed E-state index contributed by atoms with van der Waals surface area (Å²) in [6, 6.07) is 2.85. The Hall–Kier alpha value is -0.680. The van der Waals surface area contributed by atoms with E-state index in [9.17, 15) is 13.6 Å². The summed E-state index contributed by atoms with van der Waals surface area (Å²) in [6.07, 6.45) is -0.806. The lowest BCUT2D eigenvalue weighted by molar-refractivity contribution is -0.164. The standard InChI is InChI=1S/C7H5ClF2O2S/c8-5-2-1-4(13-5)3-7(9,10)6(11)12/h1-2H,3H2,(H,11,12). The first-order valence-electron chi connectivity index (χ1n) is 3.27. The molecule has 2 nitrogen and oxygen atoms in total. The first-order valence-corrected chi connectivity index (χ1v) is 4.47. The van der Waals surface area contributed by atoms with Crippen molar-refractivity contribution in [3.05, 3.63) is 21.3 Å². The van der Waals surface area contributed by atoms with Gasteiger partial charge in [-0.25, -0.2) is 4.79 Å². The van der Waals surface area contributed by atoms with E-state index in [0.29, 0.717) is 4.34 Å². The van der Waals surface area contributed by atoms with Crippen molar-refractivity contribution in [3.63, 3.8) is 0 Å². The maximum Gasteiger partial charge on any atom is 0.374 e. The number of hydrogen-bond donors (Lipinski definition) is 1. The molecule has 1 heterocycles. The Balaban J connectivity index is 2.74. The molecule has 0 saturated carbocycles. The van der Waals surface area contributed by atoms with Gasteiger partial charge in [0.15, 0.2) is 0 Å². The number of carboxylic acids is 1. The maximum atomic E-state index is 12.6. The van der Waals surface area contributed by atoms with Crippen molar-refractivity contribution in [2.75, 3.05) is 0 Å². The summed E-state index contributed by atoms with van der Waals surface area (Å²) in [5, 5.41) is 8.13. The average Bonchev–Trinajstić information content (AvgIpc) is 2.34. The van der Waals surface area contributed by atoms with Crippen molar-refractivity contribution in [2.24, 2.45) is 0 Å². The van der Waals surface area contributed by atoms with Crippen LogP contribution in [-0.4, -0.2) is 17.0 Å². The van der Waals surface area contributed by atoms with E-state index in [1.807, 2.05) is 0 Å².